The second kappa shape index (κ2) is 11.3. The summed E-state index contributed by atoms with van der Waals surface area (Å²) in [5.74, 6) is -4.22. The van der Waals surface area contributed by atoms with Crippen LogP contribution in [-0.2, 0) is 25.0 Å². The predicted molar refractivity (Wildman–Crippen MR) is 155 cm³/mol. The molecule has 1 aromatic heterocycles. The smallest absolute Gasteiger partial charge is 0.408 e. The highest BCUT2D eigenvalue weighted by Crippen LogP contribution is 2.57. The minimum atomic E-state index is -3.52. The Labute approximate surface area is 254 Å². The number of ether oxygens (including phenoxy) is 3. The van der Waals surface area contributed by atoms with E-state index in [1.165, 1.54) is 18.1 Å². The highest BCUT2D eigenvalue weighted by atomic mass is 19.3. The molecule has 10 nitrogen and oxygen atoms in total. The van der Waals surface area contributed by atoms with Crippen LogP contribution in [0, 0.1) is 23.2 Å². The standard InChI is InChI=1S/C32H38F2N4O6/c1-31(2,3)26-28(39)38-16-18(15-23(38)29(40)42-4)43-27-25(35-21-10-5-6-11-22(21)36-27)32(33,34)12-8-7-9-19-20-13-17(20)14-24(19)44-30(41)37-26/h5-6,8,10-12,17-20,23-24,26H,7,9,13-16H2,1-4H3,(H,37,41)/b12-8+/t17?,18-,19-,20+,23+,24-,26-/m1/s1. The predicted octanol–water partition coefficient (Wildman–Crippen LogP) is 4.76. The first-order valence-electron chi connectivity index (χ1n) is 15.2. The van der Waals surface area contributed by atoms with Gasteiger partial charge in [0, 0.05) is 6.42 Å². The number of carbonyl (C=O) groups excluding carboxylic acids is 3. The number of hydrogen-bond donors (Lipinski definition) is 1. The fraction of sp³-hybridized carbons (Fsp3) is 0.594. The summed E-state index contributed by atoms with van der Waals surface area (Å²) in [4.78, 5) is 50.1. The van der Waals surface area contributed by atoms with Crippen LogP contribution in [0.5, 0.6) is 5.88 Å². The van der Waals surface area contributed by atoms with Crippen LogP contribution in [0.15, 0.2) is 36.4 Å². The van der Waals surface area contributed by atoms with Crippen molar-refractivity contribution in [2.24, 2.45) is 23.2 Å². The van der Waals surface area contributed by atoms with Crippen LogP contribution < -0.4 is 10.1 Å². The fourth-order valence-electron chi connectivity index (χ4n) is 6.98. The Morgan fingerprint density at radius 1 is 1.07 bits per heavy atom. The summed E-state index contributed by atoms with van der Waals surface area (Å²) < 4.78 is 48.6. The first-order chi connectivity index (χ1) is 20.9. The summed E-state index contributed by atoms with van der Waals surface area (Å²) in [5, 5.41) is 2.78. The Bertz CT molecular complexity index is 1490. The van der Waals surface area contributed by atoms with Crippen LogP contribution in [0.25, 0.3) is 11.0 Å². The van der Waals surface area contributed by atoms with Gasteiger partial charge in [0.15, 0.2) is 5.69 Å². The topological polar surface area (TPSA) is 120 Å². The number of alkyl carbamates (subject to hydrolysis) is 1. The van der Waals surface area contributed by atoms with Crippen molar-refractivity contribution in [3.05, 3.63) is 42.1 Å². The first kappa shape index (κ1) is 30.2. The van der Waals surface area contributed by atoms with Gasteiger partial charge in [0.05, 0.1) is 24.7 Å². The molecular weight excluding hydrogens is 574 g/mol. The van der Waals surface area contributed by atoms with Crippen LogP contribution in [0.3, 0.4) is 0 Å². The monoisotopic (exact) mass is 612 g/mol. The molecule has 2 amide bonds. The largest absolute Gasteiger partial charge is 0.471 e. The summed E-state index contributed by atoms with van der Waals surface area (Å²) in [6, 6.07) is 4.55. The van der Waals surface area contributed by atoms with Crippen LogP contribution in [0.1, 0.15) is 58.6 Å². The number of para-hydroxylation sites is 2. The Morgan fingerprint density at radius 2 is 1.80 bits per heavy atom. The molecule has 12 heteroatoms. The maximum atomic E-state index is 15.8. The lowest BCUT2D eigenvalue weighted by Gasteiger charge is -2.35. The molecule has 2 aliphatic heterocycles. The van der Waals surface area contributed by atoms with E-state index in [1.54, 1.807) is 45.0 Å². The van der Waals surface area contributed by atoms with Crippen molar-refractivity contribution in [1.29, 1.82) is 0 Å². The molecule has 44 heavy (non-hydrogen) atoms. The van der Waals surface area contributed by atoms with Gasteiger partial charge < -0.3 is 24.4 Å². The highest BCUT2D eigenvalue weighted by Gasteiger charge is 2.55. The molecule has 1 N–H and O–H groups in total. The van der Waals surface area contributed by atoms with E-state index >= 15 is 8.78 Å². The van der Waals surface area contributed by atoms with E-state index in [1.807, 2.05) is 0 Å². The number of fused-ring (bicyclic) bond motifs is 7. The van der Waals surface area contributed by atoms with E-state index in [2.05, 4.69) is 15.3 Å². The van der Waals surface area contributed by atoms with E-state index in [9.17, 15) is 14.4 Å². The lowest BCUT2D eigenvalue weighted by atomic mass is 9.85. The number of nitrogens with zero attached hydrogens (tertiary/aromatic N) is 3. The Morgan fingerprint density at radius 3 is 2.50 bits per heavy atom. The van der Waals surface area contributed by atoms with Gasteiger partial charge in [-0.1, -0.05) is 39.0 Å². The maximum Gasteiger partial charge on any atom is 0.408 e. The third-order valence-electron chi connectivity index (χ3n) is 9.32. The first-order valence-corrected chi connectivity index (χ1v) is 15.2. The SMILES string of the molecule is COC(=O)[C@@H]1C[C@@H]2CN1C(=O)[C@H](C(C)(C)C)NC(=O)O[C@@H]1CC3C[C@@H]3[C@H]1CC/C=C/C(F)(F)c1nc3ccccc3nc1O2. The molecule has 2 bridgehead atoms. The number of nitrogens with one attached hydrogen (secondary N) is 1. The summed E-state index contributed by atoms with van der Waals surface area (Å²) >= 11 is 0. The molecule has 2 saturated carbocycles. The Hall–Kier alpha value is -3.83. The zero-order chi connectivity index (χ0) is 31.4. The van der Waals surface area contributed by atoms with Gasteiger partial charge in [-0.15, -0.1) is 0 Å². The van der Waals surface area contributed by atoms with Gasteiger partial charge in [0.1, 0.15) is 24.3 Å². The number of rotatable bonds is 1. The van der Waals surface area contributed by atoms with Gasteiger partial charge in [0.2, 0.25) is 11.8 Å². The average molecular weight is 613 g/mol. The molecule has 0 radical (unpaired) electrons. The lowest BCUT2D eigenvalue weighted by molar-refractivity contribution is -0.152. The number of aromatic nitrogens is 2. The summed E-state index contributed by atoms with van der Waals surface area (Å²) in [7, 11) is 1.21. The lowest BCUT2D eigenvalue weighted by Crippen LogP contribution is -2.57. The zero-order valence-electron chi connectivity index (χ0n) is 25.3. The van der Waals surface area contributed by atoms with Gasteiger partial charge in [-0.3, -0.25) is 4.79 Å². The van der Waals surface area contributed by atoms with E-state index < -0.39 is 53.2 Å². The molecular formula is C32H38F2N4O6. The molecule has 3 heterocycles. The molecule has 2 aromatic rings. The number of carbonyl (C=O) groups is 3. The van der Waals surface area contributed by atoms with Crippen molar-refractivity contribution in [2.45, 2.75) is 83.1 Å². The zero-order valence-corrected chi connectivity index (χ0v) is 25.3. The van der Waals surface area contributed by atoms with Crippen molar-refractivity contribution in [3.8, 4) is 5.88 Å². The van der Waals surface area contributed by atoms with Gasteiger partial charge in [-0.05, 0) is 67.1 Å². The third-order valence-corrected chi connectivity index (χ3v) is 9.32. The molecule has 1 unspecified atom stereocenters. The Kier molecular flexibility index (Phi) is 7.73. The van der Waals surface area contributed by atoms with E-state index in [0.29, 0.717) is 36.6 Å². The molecule has 4 aliphatic rings. The van der Waals surface area contributed by atoms with Crippen LogP contribution in [-0.4, -0.2) is 70.8 Å². The molecule has 7 atom stereocenters. The number of methoxy groups -OCH3 is 1. The maximum absolute atomic E-state index is 15.8. The van der Waals surface area contributed by atoms with Crippen molar-refractivity contribution in [3.63, 3.8) is 0 Å². The van der Waals surface area contributed by atoms with Crippen molar-refractivity contribution in [2.75, 3.05) is 13.7 Å². The van der Waals surface area contributed by atoms with Crippen LogP contribution in [0.2, 0.25) is 0 Å². The molecule has 1 saturated heterocycles. The number of halogens is 2. The molecule has 6 rings (SSSR count). The number of allylic oxidation sites excluding steroid dienone is 2. The minimum Gasteiger partial charge on any atom is -0.471 e. The molecule has 3 fully saturated rings. The third kappa shape index (κ3) is 5.82. The summed E-state index contributed by atoms with van der Waals surface area (Å²) in [5.41, 5.74) is -0.741. The fourth-order valence-corrected chi connectivity index (χ4v) is 6.98. The highest BCUT2D eigenvalue weighted by molar-refractivity contribution is 5.91. The van der Waals surface area contributed by atoms with E-state index in [0.717, 1.165) is 12.5 Å². The number of alkyl halides is 2. The van der Waals surface area contributed by atoms with E-state index in [-0.39, 0.29) is 36.4 Å². The average Bonchev–Trinajstić information content (AvgIpc) is 3.46. The second-order valence-corrected chi connectivity index (χ2v) is 13.4. The van der Waals surface area contributed by atoms with Crippen molar-refractivity contribution >= 4 is 29.0 Å². The molecule has 1 aromatic carbocycles. The Balaban J connectivity index is 1.40. The second-order valence-electron chi connectivity index (χ2n) is 13.4. The van der Waals surface area contributed by atoms with Gasteiger partial charge in [-0.2, -0.15) is 8.78 Å². The van der Waals surface area contributed by atoms with Crippen LogP contribution >= 0.6 is 0 Å². The quantitative estimate of drug-likeness (QED) is 0.362. The molecule has 2 aliphatic carbocycles. The van der Waals surface area contributed by atoms with Crippen molar-refractivity contribution in [1.82, 2.24) is 20.2 Å². The van der Waals surface area contributed by atoms with E-state index in [4.69, 9.17) is 14.2 Å². The number of amides is 2. The van der Waals surface area contributed by atoms with Gasteiger partial charge in [0.25, 0.3) is 0 Å². The normalized spacial score (nSPS) is 32.6. The van der Waals surface area contributed by atoms with Crippen LogP contribution in [0.4, 0.5) is 13.6 Å². The van der Waals surface area contributed by atoms with Gasteiger partial charge >= 0.3 is 18.0 Å². The van der Waals surface area contributed by atoms with Crippen molar-refractivity contribution < 1.29 is 37.4 Å². The van der Waals surface area contributed by atoms with Gasteiger partial charge in [-0.25, -0.2) is 19.6 Å². The number of benzene rings is 1. The molecule has 236 valence electrons. The number of hydrogen-bond acceptors (Lipinski definition) is 8. The summed E-state index contributed by atoms with van der Waals surface area (Å²) in [6.07, 6.45) is 2.96. The minimum absolute atomic E-state index is 0.0262. The molecule has 0 spiro atoms. The number of esters is 1. The summed E-state index contributed by atoms with van der Waals surface area (Å²) in [6.45, 7) is 5.29.